The molecule has 0 atom stereocenters. The third-order valence-corrected chi connectivity index (χ3v) is 5.14. The molecule has 0 saturated heterocycles. The van der Waals surface area contributed by atoms with Crippen molar-refractivity contribution in [3.05, 3.63) is 54.1 Å². The monoisotopic (exact) mass is 409 g/mol. The van der Waals surface area contributed by atoms with Gasteiger partial charge in [0.15, 0.2) is 0 Å². The van der Waals surface area contributed by atoms with Gasteiger partial charge in [0, 0.05) is 18.8 Å². The van der Waals surface area contributed by atoms with Crippen LogP contribution >= 0.6 is 0 Å². The lowest BCUT2D eigenvalue weighted by atomic mass is 9.93. The van der Waals surface area contributed by atoms with Crippen molar-refractivity contribution >= 4 is 23.3 Å². The van der Waals surface area contributed by atoms with Crippen LogP contribution in [0.2, 0.25) is 0 Å². The number of urea groups is 1. The highest BCUT2D eigenvalue weighted by molar-refractivity contribution is 6.00. The summed E-state index contributed by atoms with van der Waals surface area (Å²) in [6, 6.07) is 15.4. The molecule has 2 N–H and O–H groups in total. The Hall–Kier alpha value is -3.02. The van der Waals surface area contributed by atoms with Gasteiger partial charge in [0.25, 0.3) is 0 Å². The van der Waals surface area contributed by atoms with E-state index in [4.69, 9.17) is 4.74 Å². The first-order chi connectivity index (χ1) is 14.4. The first kappa shape index (κ1) is 21.7. The van der Waals surface area contributed by atoms with Crippen LogP contribution in [0.3, 0.4) is 0 Å². The molecule has 1 aliphatic rings. The maximum atomic E-state index is 13.0. The van der Waals surface area contributed by atoms with E-state index in [-0.39, 0.29) is 11.9 Å². The Morgan fingerprint density at radius 2 is 1.93 bits per heavy atom. The number of nitrogens with one attached hydrogen (secondary N) is 2. The first-order valence-electron chi connectivity index (χ1n) is 10.6. The highest BCUT2D eigenvalue weighted by Crippen LogP contribution is 2.38. The molecular weight excluding hydrogens is 378 g/mol. The molecular formula is C24H31N3O3. The van der Waals surface area contributed by atoms with Gasteiger partial charge in [-0.1, -0.05) is 37.3 Å². The van der Waals surface area contributed by atoms with Gasteiger partial charge in [-0.2, -0.15) is 0 Å². The number of carbonyl (C=O) groups is 2. The van der Waals surface area contributed by atoms with Crippen LogP contribution in [-0.2, 0) is 11.2 Å². The van der Waals surface area contributed by atoms with Crippen molar-refractivity contribution in [2.75, 3.05) is 29.9 Å². The van der Waals surface area contributed by atoms with Crippen molar-refractivity contribution < 1.29 is 14.3 Å². The summed E-state index contributed by atoms with van der Waals surface area (Å²) in [7, 11) is 0. The Bertz CT molecular complexity index is 881. The van der Waals surface area contributed by atoms with Crippen molar-refractivity contribution in [3.63, 3.8) is 0 Å². The number of aryl methyl sites for hydroxylation is 1. The number of ether oxygens (including phenoxy) is 1. The van der Waals surface area contributed by atoms with E-state index in [9.17, 15) is 9.59 Å². The topological polar surface area (TPSA) is 70.7 Å². The summed E-state index contributed by atoms with van der Waals surface area (Å²) in [5.74, 6) is 0.696. The van der Waals surface area contributed by atoms with Gasteiger partial charge in [0.1, 0.15) is 12.4 Å². The van der Waals surface area contributed by atoms with Gasteiger partial charge in [-0.15, -0.1) is 0 Å². The number of amides is 3. The highest BCUT2D eigenvalue weighted by atomic mass is 16.5. The molecule has 3 rings (SSSR count). The number of nitrogens with zero attached hydrogens (tertiary/aromatic N) is 1. The molecule has 3 amide bonds. The predicted molar refractivity (Wildman–Crippen MR) is 120 cm³/mol. The van der Waals surface area contributed by atoms with Crippen LogP contribution in [-0.4, -0.2) is 31.6 Å². The first-order valence-corrected chi connectivity index (χ1v) is 10.6. The molecule has 1 aliphatic heterocycles. The van der Waals surface area contributed by atoms with Gasteiger partial charge in [0.2, 0.25) is 5.91 Å². The second kappa shape index (κ2) is 9.65. The molecule has 2 aromatic carbocycles. The Morgan fingerprint density at radius 3 is 2.67 bits per heavy atom. The lowest BCUT2D eigenvalue weighted by molar-refractivity contribution is -0.127. The van der Waals surface area contributed by atoms with E-state index in [1.54, 1.807) is 11.0 Å². The fourth-order valence-corrected chi connectivity index (χ4v) is 3.48. The zero-order valence-corrected chi connectivity index (χ0v) is 18.0. The summed E-state index contributed by atoms with van der Waals surface area (Å²) in [6.07, 6.45) is 2.62. The number of anilines is 2. The summed E-state index contributed by atoms with van der Waals surface area (Å²) in [5, 5.41) is 5.76. The summed E-state index contributed by atoms with van der Waals surface area (Å²) >= 11 is 0. The minimum Gasteiger partial charge on any atom is -0.490 e. The Balaban J connectivity index is 1.61. The Morgan fingerprint density at radius 1 is 1.17 bits per heavy atom. The SMILES string of the molecule is CCCN1C(=O)C(C)(C)COc2ccc(NC(=O)NCCCc3ccccc3)cc21. The van der Waals surface area contributed by atoms with Crippen LogP contribution in [0.4, 0.5) is 16.2 Å². The predicted octanol–water partition coefficient (Wildman–Crippen LogP) is 4.60. The summed E-state index contributed by atoms with van der Waals surface area (Å²) < 4.78 is 5.90. The van der Waals surface area contributed by atoms with Crippen molar-refractivity contribution in [3.8, 4) is 5.75 Å². The smallest absolute Gasteiger partial charge is 0.319 e. The minimum atomic E-state index is -0.599. The molecule has 30 heavy (non-hydrogen) atoms. The summed E-state index contributed by atoms with van der Waals surface area (Å²) in [4.78, 5) is 27.1. The quantitative estimate of drug-likeness (QED) is 0.657. The fourth-order valence-electron chi connectivity index (χ4n) is 3.48. The molecule has 0 unspecified atom stereocenters. The van der Waals surface area contributed by atoms with Gasteiger partial charge in [0.05, 0.1) is 11.1 Å². The third kappa shape index (κ3) is 5.32. The van der Waals surface area contributed by atoms with Crippen LogP contribution < -0.4 is 20.3 Å². The molecule has 6 nitrogen and oxygen atoms in total. The zero-order chi connectivity index (χ0) is 21.6. The molecule has 2 aromatic rings. The van der Waals surface area contributed by atoms with E-state index in [0.717, 1.165) is 19.3 Å². The van der Waals surface area contributed by atoms with E-state index >= 15 is 0 Å². The molecule has 0 aliphatic carbocycles. The standard InChI is InChI=1S/C24H31N3O3/c1-4-15-27-20-16-19(12-13-21(20)30-17-24(2,3)22(27)28)26-23(29)25-14-8-11-18-9-6-5-7-10-18/h5-7,9-10,12-13,16H,4,8,11,14-15,17H2,1-3H3,(H2,25,26,29). The normalized spacial score (nSPS) is 15.0. The highest BCUT2D eigenvalue weighted by Gasteiger charge is 2.37. The molecule has 0 bridgehead atoms. The van der Waals surface area contributed by atoms with E-state index in [1.807, 2.05) is 51.1 Å². The Kier molecular flexibility index (Phi) is 6.98. The molecule has 0 radical (unpaired) electrons. The van der Waals surface area contributed by atoms with Gasteiger partial charge in [-0.3, -0.25) is 4.79 Å². The van der Waals surface area contributed by atoms with Crippen molar-refractivity contribution in [2.24, 2.45) is 5.41 Å². The number of hydrogen-bond donors (Lipinski definition) is 2. The molecule has 1 heterocycles. The molecule has 0 fully saturated rings. The third-order valence-electron chi connectivity index (χ3n) is 5.14. The molecule has 0 aromatic heterocycles. The van der Waals surface area contributed by atoms with Gasteiger partial charge < -0.3 is 20.3 Å². The molecule has 160 valence electrons. The average Bonchev–Trinajstić information content (AvgIpc) is 2.82. The zero-order valence-electron chi connectivity index (χ0n) is 18.0. The molecule has 6 heteroatoms. The largest absolute Gasteiger partial charge is 0.490 e. The van der Waals surface area contributed by atoms with E-state index in [2.05, 4.69) is 22.8 Å². The van der Waals surface area contributed by atoms with Crippen LogP contribution in [0.15, 0.2) is 48.5 Å². The van der Waals surface area contributed by atoms with Gasteiger partial charge in [-0.05, 0) is 56.9 Å². The average molecular weight is 410 g/mol. The van der Waals surface area contributed by atoms with Gasteiger partial charge >= 0.3 is 6.03 Å². The van der Waals surface area contributed by atoms with Crippen LogP contribution in [0.1, 0.15) is 39.2 Å². The van der Waals surface area contributed by atoms with Crippen molar-refractivity contribution in [1.82, 2.24) is 5.32 Å². The lowest BCUT2D eigenvalue weighted by Gasteiger charge is -2.27. The summed E-state index contributed by atoms with van der Waals surface area (Å²) in [5.41, 5.74) is 1.99. The minimum absolute atomic E-state index is 0.0330. The van der Waals surface area contributed by atoms with E-state index < -0.39 is 5.41 Å². The molecule has 0 saturated carbocycles. The van der Waals surface area contributed by atoms with Crippen molar-refractivity contribution in [2.45, 2.75) is 40.0 Å². The van der Waals surface area contributed by atoms with Crippen molar-refractivity contribution in [1.29, 1.82) is 0 Å². The number of rotatable bonds is 7. The van der Waals surface area contributed by atoms with Crippen LogP contribution in [0, 0.1) is 5.41 Å². The lowest BCUT2D eigenvalue weighted by Crippen LogP contribution is -2.42. The van der Waals surface area contributed by atoms with Crippen LogP contribution in [0.5, 0.6) is 5.75 Å². The second-order valence-corrected chi connectivity index (χ2v) is 8.28. The Labute approximate surface area is 178 Å². The number of carbonyl (C=O) groups excluding carboxylic acids is 2. The summed E-state index contributed by atoms with van der Waals surface area (Å²) in [6.45, 7) is 7.35. The maximum Gasteiger partial charge on any atom is 0.319 e. The fraction of sp³-hybridized carbons (Fsp3) is 0.417. The van der Waals surface area contributed by atoms with E-state index in [0.29, 0.717) is 36.8 Å². The number of fused-ring (bicyclic) bond motifs is 1. The number of hydrogen-bond acceptors (Lipinski definition) is 3. The number of benzene rings is 2. The second-order valence-electron chi connectivity index (χ2n) is 8.28. The van der Waals surface area contributed by atoms with Gasteiger partial charge in [-0.25, -0.2) is 4.79 Å². The molecule has 0 spiro atoms. The maximum absolute atomic E-state index is 13.0. The van der Waals surface area contributed by atoms with Crippen LogP contribution in [0.25, 0.3) is 0 Å². The van der Waals surface area contributed by atoms with E-state index in [1.165, 1.54) is 5.56 Å².